The zero-order valence-corrected chi connectivity index (χ0v) is 69.7. The Morgan fingerprint density at radius 2 is 0.789 bits per heavy atom. The van der Waals surface area contributed by atoms with Crippen molar-refractivity contribution in [3.05, 3.63) is 35.9 Å². The molecule has 1 aromatic carbocycles. The van der Waals surface area contributed by atoms with E-state index < -0.39 is 291 Å². The summed E-state index contributed by atoms with van der Waals surface area (Å²) < 4.78 is 0. The van der Waals surface area contributed by atoms with Gasteiger partial charge >= 0.3 is 35.8 Å². The quantitative estimate of drug-likeness (QED) is 0.0164. The molecule has 1 fully saturated rings. The van der Waals surface area contributed by atoms with Crippen molar-refractivity contribution in [3.8, 4) is 0 Å². The first-order chi connectivity index (χ1) is 57.7. The van der Waals surface area contributed by atoms with Gasteiger partial charge in [0, 0.05) is 51.6 Å². The Kier molecular flexibility index (Phi) is 47.7. The van der Waals surface area contributed by atoms with E-state index >= 15 is 0 Å². The molecule has 1 heterocycles. The van der Waals surface area contributed by atoms with E-state index in [0.29, 0.717) is 12.0 Å². The first-order valence-corrected chi connectivity index (χ1v) is 40.1. The van der Waals surface area contributed by atoms with Crippen LogP contribution in [0.4, 0.5) is 0 Å². The molecule has 123 heavy (non-hydrogen) atoms. The lowest BCUT2D eigenvalue weighted by Crippen LogP contribution is -2.62. The van der Waals surface area contributed by atoms with Crippen molar-refractivity contribution in [1.29, 1.82) is 0 Å². The Bertz CT molecular complexity index is 3850. The summed E-state index contributed by atoms with van der Waals surface area (Å²) in [6.45, 7) is 8.66. The number of carbonyl (C=O) groups excluding carboxylic acids is 14. The van der Waals surface area contributed by atoms with Crippen LogP contribution in [0.15, 0.2) is 35.3 Å². The lowest BCUT2D eigenvalue weighted by molar-refractivity contribution is -0.144. The second-order valence-corrected chi connectivity index (χ2v) is 30.5. The molecule has 688 valence electrons. The highest BCUT2D eigenvalue weighted by molar-refractivity contribution is 6.01. The fourth-order valence-electron chi connectivity index (χ4n) is 12.4. The van der Waals surface area contributed by atoms with Crippen LogP contribution < -0.4 is 92.1 Å². The lowest BCUT2D eigenvalue weighted by Gasteiger charge is -2.30. The number of carboxylic acid groups (broad SMARTS) is 6. The molecule has 47 nitrogen and oxygen atoms in total. The minimum absolute atomic E-state index is 0.00891. The Hall–Kier alpha value is -12.3. The van der Waals surface area contributed by atoms with Crippen molar-refractivity contribution in [1.82, 2.24) is 74.0 Å². The van der Waals surface area contributed by atoms with Crippen molar-refractivity contribution in [2.75, 3.05) is 26.2 Å². The summed E-state index contributed by atoms with van der Waals surface area (Å²) in [7, 11) is 0. The van der Waals surface area contributed by atoms with Gasteiger partial charge in [0.05, 0.1) is 18.8 Å². The second kappa shape index (κ2) is 54.9. The van der Waals surface area contributed by atoms with Crippen LogP contribution in [0.25, 0.3) is 0 Å². The first kappa shape index (κ1) is 107. The zero-order valence-electron chi connectivity index (χ0n) is 69.7. The Morgan fingerprint density at radius 3 is 1.21 bits per heavy atom. The number of hydrogen-bond donors (Lipinski definition) is 25. The number of likely N-dealkylation sites (tertiary alicyclic amines) is 1. The van der Waals surface area contributed by atoms with Crippen LogP contribution in [0.2, 0.25) is 0 Å². The molecule has 0 saturated carbocycles. The van der Waals surface area contributed by atoms with Crippen molar-refractivity contribution in [2.45, 2.75) is 274 Å². The average molecular weight is 1750 g/mol. The van der Waals surface area contributed by atoms with E-state index in [9.17, 15) is 132 Å². The molecule has 0 aliphatic carbocycles. The van der Waals surface area contributed by atoms with Crippen molar-refractivity contribution < 1.29 is 137 Å². The maximum atomic E-state index is 14.5. The van der Waals surface area contributed by atoms with Gasteiger partial charge in [0.15, 0.2) is 5.96 Å². The third-order valence-electron chi connectivity index (χ3n) is 19.0. The van der Waals surface area contributed by atoms with Crippen LogP contribution in [0.3, 0.4) is 0 Å². The van der Waals surface area contributed by atoms with E-state index in [-0.39, 0.29) is 89.8 Å². The molecular weight excluding hydrogens is 1630 g/mol. The fourth-order valence-corrected chi connectivity index (χ4v) is 12.4. The standard InChI is InChI=1S/C76H121N19O28/c1-37(2)33-50(69(116)83-43(17-11-12-30-77)63(110)89-49(75(122)123)24-29-59(106)107)91-66(113)46(21-26-56(100)101)87-73(120)60(41(7)97)94-67(114)47(22-27-57(102)103)85-70(117)51(34-38(3)4)90-64(111)44(18-13-31-81-76(79)80)84-71(118)53(36-96)93-62(109)40(6)82-68(115)52(35-42-15-9-8-10-16-42)92-65(112)45(20-25-55(98)99)86-72(119)54-19-14-32-95(54)74(121)48(23-28-58(104)105)88-61(108)39(5)78/h8-10,15-16,37-41,43-54,60,96-97H,11-14,17-36,77-78H2,1-7H3,(H,82,115)(H,83,116)(H,84,118)(H,85,117)(H,86,119)(H,87,120)(H,88,108)(H,89,110)(H,90,111)(H,91,113)(H,92,112)(H,93,109)(H,94,114)(H,98,99)(H,100,101)(H,102,103)(H,104,105)(H,106,107)(H,122,123)(H4,79,80,81)/t39-,40-,41+,43-,44-,45-,46-,47-,48-,49-,50-,51-,52-,53-,54-,60-/m0/s1. The molecular formula is C76H121N19O28. The number of aliphatic hydroxyl groups is 2. The minimum atomic E-state index is -2.11. The summed E-state index contributed by atoms with van der Waals surface area (Å²) in [5.41, 5.74) is 22.8. The van der Waals surface area contributed by atoms with E-state index in [1.807, 2.05) is 0 Å². The predicted octanol–water partition coefficient (Wildman–Crippen LogP) is -7.05. The molecule has 14 amide bonds. The molecule has 2 rings (SSSR count). The average Bonchev–Trinajstić information content (AvgIpc) is 1.74. The lowest BCUT2D eigenvalue weighted by atomic mass is 10.00. The number of amides is 14. The highest BCUT2D eigenvalue weighted by Gasteiger charge is 2.42. The first-order valence-electron chi connectivity index (χ1n) is 40.1. The van der Waals surface area contributed by atoms with Crippen molar-refractivity contribution in [2.24, 2.45) is 39.8 Å². The maximum Gasteiger partial charge on any atom is 0.326 e. The largest absolute Gasteiger partial charge is 0.481 e. The molecule has 1 saturated heterocycles. The molecule has 1 aliphatic heterocycles. The number of nitrogens with zero attached hydrogens (tertiary/aromatic N) is 2. The number of carboxylic acids is 6. The maximum absolute atomic E-state index is 14.5. The van der Waals surface area contributed by atoms with Crippen LogP contribution in [0.5, 0.6) is 0 Å². The van der Waals surface area contributed by atoms with Gasteiger partial charge in [-0.1, -0.05) is 58.0 Å². The van der Waals surface area contributed by atoms with E-state index in [2.05, 4.69) is 74.1 Å². The summed E-state index contributed by atoms with van der Waals surface area (Å²) in [6.07, 6.45) is -9.00. The zero-order chi connectivity index (χ0) is 93.1. The summed E-state index contributed by atoms with van der Waals surface area (Å²) in [5, 5.41) is 110. The van der Waals surface area contributed by atoms with Gasteiger partial charge in [-0.25, -0.2) is 4.79 Å². The summed E-state index contributed by atoms with van der Waals surface area (Å²) in [5.74, 6) is -25.4. The number of aliphatic carboxylic acids is 6. The number of unbranched alkanes of at least 4 members (excludes halogenated alkanes) is 1. The van der Waals surface area contributed by atoms with Gasteiger partial charge in [-0.05, 0) is 135 Å². The van der Waals surface area contributed by atoms with Crippen LogP contribution >= 0.6 is 0 Å². The van der Waals surface area contributed by atoms with E-state index in [1.165, 1.54) is 6.92 Å². The van der Waals surface area contributed by atoms with Gasteiger partial charge in [-0.3, -0.25) is 96.1 Å². The minimum Gasteiger partial charge on any atom is -0.481 e. The number of guanidine groups is 1. The van der Waals surface area contributed by atoms with Crippen LogP contribution in [-0.4, -0.2) is 293 Å². The highest BCUT2D eigenvalue weighted by atomic mass is 16.4. The number of aliphatic imine (C=N–C) groups is 1. The molecule has 29 N–H and O–H groups in total. The SMILES string of the molecule is CC(C)C[C@H](NC(=O)[C@H](CCCN=C(N)N)NC(=O)[C@H](CO)NC(=O)[C@H](C)NC(=O)[C@H](Cc1ccccc1)NC(=O)[C@H](CCC(=O)O)NC(=O)[C@@H]1CCCN1C(=O)[C@H](CCC(=O)O)NC(=O)[C@H](C)N)C(=O)N[C@@H](CCC(=O)O)C(=O)N[C@H](C(=O)N[C@@H](CCC(=O)O)C(=O)N[C@@H](CC(C)C)C(=O)N[C@@H](CCCCN)C(=O)N[C@@H](CCC(=O)O)C(=O)O)[C@@H](C)O. The number of rotatable bonds is 59. The van der Waals surface area contributed by atoms with Crippen LogP contribution in [-0.2, 0) is 102 Å². The number of aliphatic hydroxyl groups excluding tert-OH is 2. The van der Waals surface area contributed by atoms with Crippen LogP contribution in [0, 0.1) is 11.8 Å². The predicted molar refractivity (Wildman–Crippen MR) is 432 cm³/mol. The van der Waals surface area contributed by atoms with E-state index in [0.717, 1.165) is 18.7 Å². The summed E-state index contributed by atoms with van der Waals surface area (Å²) in [6, 6.07) is -16.9. The molecule has 0 unspecified atom stereocenters. The Balaban J connectivity index is 2.51. The number of benzene rings is 1. The summed E-state index contributed by atoms with van der Waals surface area (Å²) in [4.78, 5) is 272. The van der Waals surface area contributed by atoms with Gasteiger partial charge < -0.3 is 138 Å². The Labute approximate surface area is 708 Å². The number of nitrogens with one attached hydrogen (secondary N) is 13. The van der Waals surface area contributed by atoms with E-state index in [4.69, 9.17) is 28.0 Å². The van der Waals surface area contributed by atoms with Crippen molar-refractivity contribution >= 4 is 124 Å². The third-order valence-corrected chi connectivity index (χ3v) is 19.0. The normalized spacial score (nSPS) is 16.0. The van der Waals surface area contributed by atoms with Crippen molar-refractivity contribution in [3.63, 3.8) is 0 Å². The molecule has 16 atom stereocenters. The smallest absolute Gasteiger partial charge is 0.326 e. The Morgan fingerprint density at radius 1 is 0.423 bits per heavy atom. The topological polar surface area (TPSA) is 779 Å². The van der Waals surface area contributed by atoms with Gasteiger partial charge in [0.1, 0.15) is 84.6 Å². The van der Waals surface area contributed by atoms with Crippen LogP contribution in [0.1, 0.15) is 176 Å². The highest BCUT2D eigenvalue weighted by Crippen LogP contribution is 2.22. The molecule has 1 aliphatic rings. The number of carbonyl (C=O) groups is 20. The van der Waals surface area contributed by atoms with Gasteiger partial charge in [0.2, 0.25) is 82.7 Å². The van der Waals surface area contributed by atoms with Gasteiger partial charge in [-0.15, -0.1) is 0 Å². The molecule has 47 heteroatoms. The van der Waals surface area contributed by atoms with E-state index in [1.54, 1.807) is 58.0 Å². The summed E-state index contributed by atoms with van der Waals surface area (Å²) >= 11 is 0. The second-order valence-electron chi connectivity index (χ2n) is 30.5. The molecule has 0 spiro atoms. The number of nitrogens with two attached hydrogens (primary N) is 4. The fraction of sp³-hybridized carbons (Fsp3) is 0.645. The van der Waals surface area contributed by atoms with Gasteiger partial charge in [-0.2, -0.15) is 0 Å². The molecule has 0 bridgehead atoms. The molecule has 1 aromatic rings. The third kappa shape index (κ3) is 40.8. The molecule has 0 radical (unpaired) electrons. The number of hydrogen-bond acceptors (Lipinski definition) is 25. The monoisotopic (exact) mass is 1750 g/mol. The van der Waals surface area contributed by atoms with Gasteiger partial charge in [0.25, 0.3) is 0 Å². The molecule has 0 aromatic heterocycles.